The maximum absolute atomic E-state index is 11.7. The molecule has 0 saturated carbocycles. The molecule has 2 saturated heterocycles. The average Bonchev–Trinajstić information content (AvgIpc) is 2.73. The van der Waals surface area contributed by atoms with E-state index in [2.05, 4.69) is 25.7 Å². The molecule has 3 atom stereocenters. The summed E-state index contributed by atoms with van der Waals surface area (Å²) >= 11 is 0. The summed E-state index contributed by atoms with van der Waals surface area (Å²) < 4.78 is 0. The highest BCUT2D eigenvalue weighted by atomic mass is 16.3. The minimum atomic E-state index is -0.859. The zero-order valence-corrected chi connectivity index (χ0v) is 10.6. The molecular formula is C12H22N2O2. The third-order valence-electron chi connectivity index (χ3n) is 3.74. The number of carbonyl (C=O) groups excluding carboxylic acids is 1. The van der Waals surface area contributed by atoms with Gasteiger partial charge in [-0.25, -0.2) is 0 Å². The fourth-order valence-corrected chi connectivity index (χ4v) is 3.00. The molecule has 92 valence electrons. The number of likely N-dealkylation sites (tertiary alicyclic amines) is 2. The lowest BCUT2D eigenvalue weighted by atomic mass is 10.0. The van der Waals surface area contributed by atoms with Crippen LogP contribution in [0.3, 0.4) is 0 Å². The Morgan fingerprint density at radius 2 is 1.94 bits per heavy atom. The fraction of sp³-hybridized carbons (Fsp3) is 0.917. The normalized spacial score (nSPS) is 32.2. The van der Waals surface area contributed by atoms with Gasteiger partial charge in [0.15, 0.2) is 0 Å². The van der Waals surface area contributed by atoms with Crippen molar-refractivity contribution in [2.45, 2.75) is 57.8 Å². The van der Waals surface area contributed by atoms with E-state index in [1.807, 2.05) is 4.90 Å². The molecule has 2 bridgehead atoms. The van der Waals surface area contributed by atoms with Crippen molar-refractivity contribution in [2.24, 2.45) is 0 Å². The molecule has 4 heteroatoms. The third-order valence-corrected chi connectivity index (χ3v) is 3.74. The monoisotopic (exact) mass is 226 g/mol. The van der Waals surface area contributed by atoms with Gasteiger partial charge in [0, 0.05) is 30.7 Å². The Kier molecular flexibility index (Phi) is 2.75. The molecule has 0 aromatic carbocycles. The maximum Gasteiger partial charge on any atom is 0.251 e. The summed E-state index contributed by atoms with van der Waals surface area (Å²) in [4.78, 5) is 16.1. The van der Waals surface area contributed by atoms with E-state index in [1.165, 1.54) is 0 Å². The molecule has 2 aliphatic heterocycles. The second kappa shape index (κ2) is 3.70. The topological polar surface area (TPSA) is 43.8 Å². The summed E-state index contributed by atoms with van der Waals surface area (Å²) in [6.07, 6.45) is 0.206. The van der Waals surface area contributed by atoms with Crippen LogP contribution in [0.2, 0.25) is 0 Å². The molecule has 1 N–H and O–H groups in total. The molecule has 2 heterocycles. The SMILES string of the molecule is CC(O)C(=O)N1CC2CC1CN2C(C)(C)C. The van der Waals surface area contributed by atoms with Crippen LogP contribution < -0.4 is 0 Å². The summed E-state index contributed by atoms with van der Waals surface area (Å²) in [7, 11) is 0. The highest BCUT2D eigenvalue weighted by Crippen LogP contribution is 2.35. The van der Waals surface area contributed by atoms with Gasteiger partial charge in [0.25, 0.3) is 5.91 Å². The molecular weight excluding hydrogens is 204 g/mol. The van der Waals surface area contributed by atoms with Gasteiger partial charge in [0.05, 0.1) is 0 Å². The van der Waals surface area contributed by atoms with Crippen molar-refractivity contribution in [3.05, 3.63) is 0 Å². The number of piperazine rings is 1. The predicted molar refractivity (Wildman–Crippen MR) is 62.0 cm³/mol. The quantitative estimate of drug-likeness (QED) is 0.706. The number of rotatable bonds is 1. The lowest BCUT2D eigenvalue weighted by molar-refractivity contribution is -0.142. The van der Waals surface area contributed by atoms with E-state index in [9.17, 15) is 9.90 Å². The highest BCUT2D eigenvalue weighted by molar-refractivity contribution is 5.81. The van der Waals surface area contributed by atoms with Crippen molar-refractivity contribution < 1.29 is 9.90 Å². The van der Waals surface area contributed by atoms with E-state index in [0.717, 1.165) is 19.5 Å². The zero-order valence-electron chi connectivity index (χ0n) is 10.6. The van der Waals surface area contributed by atoms with Gasteiger partial charge in [-0.05, 0) is 34.1 Å². The third kappa shape index (κ3) is 1.84. The van der Waals surface area contributed by atoms with Crippen molar-refractivity contribution in [3.63, 3.8) is 0 Å². The number of amides is 1. The smallest absolute Gasteiger partial charge is 0.251 e. The Balaban J connectivity index is 2.04. The largest absolute Gasteiger partial charge is 0.384 e. The average molecular weight is 226 g/mol. The lowest BCUT2D eigenvalue weighted by Gasteiger charge is -2.42. The minimum absolute atomic E-state index is 0.110. The van der Waals surface area contributed by atoms with Crippen LogP contribution >= 0.6 is 0 Å². The first-order valence-electron chi connectivity index (χ1n) is 6.06. The van der Waals surface area contributed by atoms with Crippen molar-refractivity contribution in [1.82, 2.24) is 9.80 Å². The van der Waals surface area contributed by atoms with E-state index in [1.54, 1.807) is 6.92 Å². The fourth-order valence-electron chi connectivity index (χ4n) is 3.00. The van der Waals surface area contributed by atoms with Crippen molar-refractivity contribution in [3.8, 4) is 0 Å². The first-order chi connectivity index (χ1) is 7.30. The molecule has 1 amide bonds. The Morgan fingerprint density at radius 1 is 1.31 bits per heavy atom. The molecule has 2 rings (SSSR count). The van der Waals surface area contributed by atoms with Gasteiger partial charge in [-0.2, -0.15) is 0 Å². The number of fused-ring (bicyclic) bond motifs is 2. The van der Waals surface area contributed by atoms with Crippen molar-refractivity contribution >= 4 is 5.91 Å². The minimum Gasteiger partial charge on any atom is -0.384 e. The van der Waals surface area contributed by atoms with E-state index in [-0.39, 0.29) is 11.4 Å². The van der Waals surface area contributed by atoms with Gasteiger partial charge in [0.1, 0.15) is 6.10 Å². The lowest BCUT2D eigenvalue weighted by Crippen LogP contribution is -2.55. The van der Waals surface area contributed by atoms with Crippen LogP contribution in [-0.4, -0.2) is 57.6 Å². The number of carbonyl (C=O) groups is 1. The van der Waals surface area contributed by atoms with Gasteiger partial charge in [-0.1, -0.05) is 0 Å². The van der Waals surface area contributed by atoms with Gasteiger partial charge < -0.3 is 10.0 Å². The van der Waals surface area contributed by atoms with E-state index in [4.69, 9.17) is 0 Å². The molecule has 3 unspecified atom stereocenters. The molecule has 0 aromatic heterocycles. The standard InChI is InChI=1S/C12H22N2O2/c1-8(15)11(16)13-6-10-5-9(13)7-14(10)12(2,3)4/h8-10,15H,5-7H2,1-4H3. The molecule has 16 heavy (non-hydrogen) atoms. The molecule has 4 nitrogen and oxygen atoms in total. The first kappa shape index (κ1) is 11.9. The molecule has 0 aliphatic carbocycles. The summed E-state index contributed by atoms with van der Waals surface area (Å²) in [5.74, 6) is -0.110. The van der Waals surface area contributed by atoms with Crippen molar-refractivity contribution in [1.29, 1.82) is 0 Å². The van der Waals surface area contributed by atoms with Gasteiger partial charge in [-0.3, -0.25) is 9.69 Å². The number of nitrogens with zero attached hydrogens (tertiary/aromatic N) is 2. The first-order valence-corrected chi connectivity index (χ1v) is 6.06. The van der Waals surface area contributed by atoms with Crippen LogP contribution in [0.25, 0.3) is 0 Å². The Bertz CT molecular complexity index is 296. The van der Waals surface area contributed by atoms with Gasteiger partial charge >= 0.3 is 0 Å². The molecule has 2 aliphatic rings. The second-order valence-electron chi connectivity index (χ2n) is 6.03. The van der Waals surface area contributed by atoms with Crippen LogP contribution in [0.5, 0.6) is 0 Å². The van der Waals surface area contributed by atoms with E-state index < -0.39 is 6.10 Å². The highest BCUT2D eigenvalue weighted by Gasteiger charge is 2.48. The molecule has 2 fully saturated rings. The summed E-state index contributed by atoms with van der Waals surface area (Å²) in [6, 6.07) is 0.791. The van der Waals surface area contributed by atoms with E-state index in [0.29, 0.717) is 12.1 Å². The Labute approximate surface area is 97.2 Å². The summed E-state index contributed by atoms with van der Waals surface area (Å²) in [5, 5.41) is 9.33. The Morgan fingerprint density at radius 3 is 2.31 bits per heavy atom. The van der Waals surface area contributed by atoms with Crippen LogP contribution in [0.4, 0.5) is 0 Å². The zero-order chi connectivity index (χ0) is 12.1. The van der Waals surface area contributed by atoms with Gasteiger partial charge in [-0.15, -0.1) is 0 Å². The van der Waals surface area contributed by atoms with E-state index >= 15 is 0 Å². The van der Waals surface area contributed by atoms with Crippen LogP contribution in [0, 0.1) is 0 Å². The summed E-state index contributed by atoms with van der Waals surface area (Å²) in [6.45, 7) is 9.94. The number of hydrogen-bond donors (Lipinski definition) is 1. The van der Waals surface area contributed by atoms with Crippen LogP contribution in [-0.2, 0) is 4.79 Å². The molecule has 0 aromatic rings. The predicted octanol–water partition coefficient (Wildman–Crippen LogP) is 0.451. The maximum atomic E-state index is 11.7. The van der Waals surface area contributed by atoms with Crippen LogP contribution in [0.1, 0.15) is 34.1 Å². The number of hydrogen-bond acceptors (Lipinski definition) is 3. The number of aliphatic hydroxyl groups excluding tert-OH is 1. The van der Waals surface area contributed by atoms with Crippen LogP contribution in [0.15, 0.2) is 0 Å². The number of aliphatic hydroxyl groups is 1. The van der Waals surface area contributed by atoms with Gasteiger partial charge in [0.2, 0.25) is 0 Å². The summed E-state index contributed by atoms with van der Waals surface area (Å²) in [5.41, 5.74) is 0.180. The Hall–Kier alpha value is -0.610. The second-order valence-corrected chi connectivity index (χ2v) is 6.03. The molecule has 0 radical (unpaired) electrons. The molecule has 0 spiro atoms. The van der Waals surface area contributed by atoms with Crippen molar-refractivity contribution in [2.75, 3.05) is 13.1 Å².